The molecule has 0 aliphatic rings. The van der Waals surface area contributed by atoms with E-state index in [1.54, 1.807) is 0 Å². The normalized spacial score (nSPS) is 10.0. The van der Waals surface area contributed by atoms with Crippen molar-refractivity contribution in [3.63, 3.8) is 0 Å². The van der Waals surface area contributed by atoms with Crippen molar-refractivity contribution in [2.24, 2.45) is 0 Å². The van der Waals surface area contributed by atoms with Gasteiger partial charge in [-0.1, -0.05) is 32.9 Å². The van der Waals surface area contributed by atoms with Gasteiger partial charge < -0.3 is 15.1 Å². The summed E-state index contributed by atoms with van der Waals surface area (Å²) in [5.41, 5.74) is -0.380. The van der Waals surface area contributed by atoms with E-state index in [1.165, 1.54) is 63.2 Å². The fourth-order valence-electron chi connectivity index (χ4n) is 2.14. The first-order valence-electron chi connectivity index (χ1n) is 7.75. The lowest BCUT2D eigenvalue weighted by Gasteiger charge is -2.19. The van der Waals surface area contributed by atoms with Gasteiger partial charge in [-0.25, -0.2) is 9.59 Å². The number of hydrogen-bond acceptors (Lipinski definition) is 3. The average Bonchev–Trinajstić information content (AvgIpc) is 2.48. The van der Waals surface area contributed by atoms with Gasteiger partial charge in [0, 0.05) is 0 Å². The van der Waals surface area contributed by atoms with Gasteiger partial charge in [0.2, 0.25) is 0 Å². The van der Waals surface area contributed by atoms with Gasteiger partial charge in [0.1, 0.15) is 0 Å². The Balaban J connectivity index is 0.000000409. The van der Waals surface area contributed by atoms with Crippen LogP contribution in [0.2, 0.25) is 0 Å². The van der Waals surface area contributed by atoms with E-state index < -0.39 is 11.9 Å². The number of nitrogens with zero attached hydrogens (tertiary/aromatic N) is 1. The molecule has 22 heavy (non-hydrogen) atoms. The Morgan fingerprint density at radius 2 is 1.14 bits per heavy atom. The highest BCUT2D eigenvalue weighted by Crippen LogP contribution is 2.07. The second kappa shape index (κ2) is 11.7. The van der Waals surface area contributed by atoms with Crippen LogP contribution in [0.15, 0.2) is 24.3 Å². The van der Waals surface area contributed by atoms with Crippen LogP contribution in [0.4, 0.5) is 0 Å². The van der Waals surface area contributed by atoms with Crippen LogP contribution in [0, 0.1) is 0 Å². The van der Waals surface area contributed by atoms with Gasteiger partial charge in [0.25, 0.3) is 0 Å². The maximum Gasteiger partial charge on any atom is 0.336 e. The summed E-state index contributed by atoms with van der Waals surface area (Å²) in [5.74, 6) is -2.46. The van der Waals surface area contributed by atoms with Gasteiger partial charge in [0.05, 0.1) is 11.1 Å². The smallest absolute Gasteiger partial charge is 0.336 e. The number of carbonyl (C=O) groups is 2. The van der Waals surface area contributed by atoms with Crippen molar-refractivity contribution in [3.8, 4) is 0 Å². The Morgan fingerprint density at radius 1 is 0.818 bits per heavy atom. The van der Waals surface area contributed by atoms with Crippen LogP contribution in [0.25, 0.3) is 0 Å². The zero-order valence-corrected chi connectivity index (χ0v) is 13.7. The second-order valence-corrected chi connectivity index (χ2v) is 5.00. The highest BCUT2D eigenvalue weighted by Gasteiger charge is 2.13. The molecule has 0 aromatic heterocycles. The number of benzene rings is 1. The van der Waals surface area contributed by atoms with E-state index >= 15 is 0 Å². The van der Waals surface area contributed by atoms with Crippen molar-refractivity contribution in [2.45, 2.75) is 40.0 Å². The van der Waals surface area contributed by atoms with E-state index in [-0.39, 0.29) is 11.1 Å². The van der Waals surface area contributed by atoms with Crippen LogP contribution < -0.4 is 0 Å². The molecule has 0 atom stereocenters. The van der Waals surface area contributed by atoms with E-state index in [1.807, 2.05) is 0 Å². The summed E-state index contributed by atoms with van der Waals surface area (Å²) in [6.45, 7) is 10.6. The lowest BCUT2D eigenvalue weighted by Crippen LogP contribution is -2.25. The van der Waals surface area contributed by atoms with Crippen molar-refractivity contribution in [3.05, 3.63) is 35.4 Å². The first-order valence-corrected chi connectivity index (χ1v) is 7.75. The highest BCUT2D eigenvalue weighted by atomic mass is 16.4. The first kappa shape index (κ1) is 20.1. The fraction of sp³-hybridized carbons (Fsp3) is 0.529. The Morgan fingerprint density at radius 3 is 1.36 bits per heavy atom. The quantitative estimate of drug-likeness (QED) is 0.767. The standard InChI is InChI=1S/C9H21N.C8H6O4/c1-4-7-10(8-5-2)9-6-3;9-7(10)5-3-1-2-4-6(5)8(11)12/h4-9H2,1-3H3;1-4H,(H,9,10)(H,11,12). The molecule has 0 heterocycles. The third-order valence-electron chi connectivity index (χ3n) is 3.01. The SMILES string of the molecule is CCCN(CCC)CCC.O=C(O)c1ccccc1C(=O)O. The van der Waals surface area contributed by atoms with Gasteiger partial charge >= 0.3 is 11.9 Å². The Kier molecular flexibility index (Phi) is 10.7. The van der Waals surface area contributed by atoms with Crippen molar-refractivity contribution in [2.75, 3.05) is 19.6 Å². The topological polar surface area (TPSA) is 77.8 Å². The number of carboxylic acid groups (broad SMARTS) is 2. The van der Waals surface area contributed by atoms with Crippen LogP contribution in [-0.2, 0) is 0 Å². The maximum atomic E-state index is 10.5. The molecule has 0 radical (unpaired) electrons. The third-order valence-corrected chi connectivity index (χ3v) is 3.01. The lowest BCUT2D eigenvalue weighted by molar-refractivity contribution is 0.0651. The van der Waals surface area contributed by atoms with Crippen molar-refractivity contribution >= 4 is 11.9 Å². The molecule has 0 amide bonds. The maximum absolute atomic E-state index is 10.5. The Labute approximate surface area is 132 Å². The van der Waals surface area contributed by atoms with E-state index in [4.69, 9.17) is 10.2 Å². The van der Waals surface area contributed by atoms with Crippen LogP contribution >= 0.6 is 0 Å². The van der Waals surface area contributed by atoms with E-state index in [9.17, 15) is 9.59 Å². The molecule has 0 unspecified atom stereocenters. The monoisotopic (exact) mass is 309 g/mol. The molecule has 124 valence electrons. The van der Waals surface area contributed by atoms with Gasteiger partial charge in [-0.05, 0) is 51.0 Å². The Hall–Kier alpha value is -1.88. The molecule has 1 aromatic rings. The third kappa shape index (κ3) is 7.78. The largest absolute Gasteiger partial charge is 0.478 e. The van der Waals surface area contributed by atoms with Crippen LogP contribution in [0.5, 0.6) is 0 Å². The molecular formula is C17H27NO4. The summed E-state index contributed by atoms with van der Waals surface area (Å²) >= 11 is 0. The van der Waals surface area contributed by atoms with Gasteiger partial charge in [-0.2, -0.15) is 0 Å². The zero-order chi connectivity index (χ0) is 17.0. The van der Waals surface area contributed by atoms with Crippen molar-refractivity contribution in [1.82, 2.24) is 4.90 Å². The molecule has 0 spiro atoms. The summed E-state index contributed by atoms with van der Waals surface area (Å²) in [5, 5.41) is 17.1. The van der Waals surface area contributed by atoms with Crippen LogP contribution in [0.3, 0.4) is 0 Å². The summed E-state index contributed by atoms with van der Waals surface area (Å²) < 4.78 is 0. The molecular weight excluding hydrogens is 282 g/mol. The molecule has 1 aromatic carbocycles. The average molecular weight is 309 g/mol. The first-order chi connectivity index (χ1) is 10.5. The molecule has 0 aliphatic heterocycles. The van der Waals surface area contributed by atoms with E-state index in [0.717, 1.165) is 0 Å². The number of carboxylic acids is 2. The highest BCUT2D eigenvalue weighted by molar-refractivity contribution is 6.01. The molecule has 0 aliphatic carbocycles. The predicted octanol–water partition coefficient (Wildman–Crippen LogP) is 3.60. The molecule has 0 bridgehead atoms. The minimum Gasteiger partial charge on any atom is -0.478 e. The molecule has 5 heteroatoms. The lowest BCUT2D eigenvalue weighted by atomic mass is 10.1. The van der Waals surface area contributed by atoms with E-state index in [0.29, 0.717) is 0 Å². The second-order valence-electron chi connectivity index (χ2n) is 5.00. The summed E-state index contributed by atoms with van der Waals surface area (Å²) in [4.78, 5) is 23.5. The summed E-state index contributed by atoms with van der Waals surface area (Å²) in [6.07, 6.45) is 3.88. The fourth-order valence-corrected chi connectivity index (χ4v) is 2.14. The predicted molar refractivity (Wildman–Crippen MR) is 87.7 cm³/mol. The van der Waals surface area contributed by atoms with Crippen molar-refractivity contribution < 1.29 is 19.8 Å². The zero-order valence-electron chi connectivity index (χ0n) is 13.7. The molecule has 0 saturated heterocycles. The minimum atomic E-state index is -1.23. The Bertz CT molecular complexity index is 412. The number of aromatic carboxylic acids is 2. The molecule has 1 rings (SSSR count). The van der Waals surface area contributed by atoms with Gasteiger partial charge in [-0.3, -0.25) is 0 Å². The minimum absolute atomic E-state index is 0.190. The summed E-state index contributed by atoms with van der Waals surface area (Å²) in [7, 11) is 0. The molecule has 0 saturated carbocycles. The number of hydrogen-bond donors (Lipinski definition) is 2. The number of rotatable bonds is 8. The van der Waals surface area contributed by atoms with Crippen LogP contribution in [0.1, 0.15) is 60.7 Å². The van der Waals surface area contributed by atoms with Gasteiger partial charge in [-0.15, -0.1) is 0 Å². The van der Waals surface area contributed by atoms with Crippen molar-refractivity contribution in [1.29, 1.82) is 0 Å². The van der Waals surface area contributed by atoms with E-state index in [2.05, 4.69) is 25.7 Å². The van der Waals surface area contributed by atoms with Gasteiger partial charge in [0.15, 0.2) is 0 Å². The summed E-state index contributed by atoms with van der Waals surface area (Å²) in [6, 6.07) is 5.48. The molecule has 5 nitrogen and oxygen atoms in total. The molecule has 2 N–H and O–H groups in total. The van der Waals surface area contributed by atoms with Crippen LogP contribution in [-0.4, -0.2) is 46.7 Å². The molecule has 0 fully saturated rings.